The lowest BCUT2D eigenvalue weighted by molar-refractivity contribution is 0.0535. The second-order valence-corrected chi connectivity index (χ2v) is 4.51. The Morgan fingerprint density at radius 1 is 1.46 bits per heavy atom. The fourth-order valence-corrected chi connectivity index (χ4v) is 2.78. The zero-order valence-corrected chi connectivity index (χ0v) is 8.37. The zero-order chi connectivity index (χ0) is 9.26. The topological polar surface area (TPSA) is 35.5 Å². The summed E-state index contributed by atoms with van der Waals surface area (Å²) in [5, 5.41) is 12.8. The predicted octanol–water partition coefficient (Wildman–Crippen LogP) is -0.0915. The van der Waals surface area contributed by atoms with Gasteiger partial charge in [-0.05, 0) is 44.8 Å². The average Bonchev–Trinajstić information content (AvgIpc) is 2.17. The van der Waals surface area contributed by atoms with Crippen molar-refractivity contribution in [3.63, 3.8) is 0 Å². The molecule has 13 heavy (non-hydrogen) atoms. The number of aliphatic hydroxyl groups excluding tert-OH is 1. The summed E-state index contributed by atoms with van der Waals surface area (Å²) in [6, 6.07) is 0.669. The molecule has 0 aromatic rings. The molecule has 3 atom stereocenters. The molecular weight excluding hydrogens is 164 g/mol. The van der Waals surface area contributed by atoms with Crippen molar-refractivity contribution in [2.45, 2.75) is 18.9 Å². The highest BCUT2D eigenvalue weighted by Crippen LogP contribution is 2.28. The summed E-state index contributed by atoms with van der Waals surface area (Å²) in [6.45, 7) is 3.82. The molecule has 2 N–H and O–H groups in total. The van der Waals surface area contributed by atoms with Crippen LogP contribution in [0.5, 0.6) is 0 Å². The molecule has 0 aliphatic carbocycles. The van der Waals surface area contributed by atoms with Crippen molar-refractivity contribution in [1.82, 2.24) is 10.2 Å². The highest BCUT2D eigenvalue weighted by molar-refractivity contribution is 4.91. The lowest BCUT2D eigenvalue weighted by Gasteiger charge is -2.44. The van der Waals surface area contributed by atoms with Crippen molar-refractivity contribution in [3.05, 3.63) is 0 Å². The Bertz CT molecular complexity index is 168. The van der Waals surface area contributed by atoms with E-state index < -0.39 is 0 Å². The predicted molar refractivity (Wildman–Crippen MR) is 52.6 cm³/mol. The van der Waals surface area contributed by atoms with Crippen LogP contribution in [0.1, 0.15) is 12.8 Å². The van der Waals surface area contributed by atoms with Gasteiger partial charge in [0.25, 0.3) is 0 Å². The first-order chi connectivity index (χ1) is 6.31. The number of nitrogens with one attached hydrogen (secondary N) is 1. The molecule has 0 saturated carbocycles. The Hall–Kier alpha value is -0.120. The van der Waals surface area contributed by atoms with Crippen LogP contribution in [0.15, 0.2) is 0 Å². The molecule has 3 heteroatoms. The molecule has 0 bridgehead atoms. The van der Waals surface area contributed by atoms with Gasteiger partial charge in [0.05, 0.1) is 0 Å². The summed E-state index contributed by atoms with van der Waals surface area (Å²) in [4.78, 5) is 2.39. The van der Waals surface area contributed by atoms with Gasteiger partial charge >= 0.3 is 0 Å². The molecule has 0 amide bonds. The minimum atomic E-state index is 0.372. The molecule has 0 aromatic carbocycles. The van der Waals surface area contributed by atoms with Crippen molar-refractivity contribution >= 4 is 0 Å². The van der Waals surface area contributed by atoms with E-state index in [1.165, 1.54) is 13.0 Å². The Balaban J connectivity index is 2.01. The molecule has 0 radical (unpaired) electrons. The second-order valence-electron chi connectivity index (χ2n) is 4.51. The van der Waals surface area contributed by atoms with Crippen LogP contribution in [0.3, 0.4) is 0 Å². The van der Waals surface area contributed by atoms with Crippen molar-refractivity contribution in [2.24, 2.45) is 11.8 Å². The number of likely N-dealkylation sites (tertiary alicyclic amines) is 1. The van der Waals surface area contributed by atoms with Gasteiger partial charge in [0.2, 0.25) is 0 Å². The van der Waals surface area contributed by atoms with Crippen molar-refractivity contribution in [2.75, 3.05) is 33.3 Å². The van der Waals surface area contributed by atoms with Gasteiger partial charge in [0, 0.05) is 19.2 Å². The quantitative estimate of drug-likeness (QED) is 0.598. The van der Waals surface area contributed by atoms with Gasteiger partial charge in [-0.3, -0.25) is 0 Å². The number of rotatable bonds is 1. The zero-order valence-electron chi connectivity index (χ0n) is 8.37. The Morgan fingerprint density at radius 3 is 3.08 bits per heavy atom. The van der Waals surface area contributed by atoms with Crippen LogP contribution in [0, 0.1) is 11.8 Å². The first-order valence-electron chi connectivity index (χ1n) is 5.34. The maximum atomic E-state index is 9.27. The van der Waals surface area contributed by atoms with Crippen molar-refractivity contribution in [1.29, 1.82) is 0 Å². The number of piperidine rings is 2. The molecule has 3 unspecified atom stereocenters. The van der Waals surface area contributed by atoms with E-state index in [0.717, 1.165) is 19.5 Å². The van der Waals surface area contributed by atoms with Gasteiger partial charge in [-0.25, -0.2) is 0 Å². The number of aliphatic hydroxyl groups is 1. The fourth-order valence-electron chi connectivity index (χ4n) is 2.78. The van der Waals surface area contributed by atoms with Crippen LogP contribution in [0.4, 0.5) is 0 Å². The van der Waals surface area contributed by atoms with Crippen molar-refractivity contribution in [3.8, 4) is 0 Å². The third-order valence-electron chi connectivity index (χ3n) is 3.62. The molecule has 2 aliphatic rings. The molecule has 0 aromatic heterocycles. The summed E-state index contributed by atoms with van der Waals surface area (Å²) >= 11 is 0. The van der Waals surface area contributed by atoms with E-state index in [2.05, 4.69) is 17.3 Å². The average molecular weight is 184 g/mol. The van der Waals surface area contributed by atoms with E-state index in [-0.39, 0.29) is 0 Å². The maximum Gasteiger partial charge on any atom is 0.0463 e. The van der Waals surface area contributed by atoms with E-state index in [0.29, 0.717) is 24.5 Å². The highest BCUT2D eigenvalue weighted by Gasteiger charge is 2.35. The van der Waals surface area contributed by atoms with E-state index >= 15 is 0 Å². The van der Waals surface area contributed by atoms with Crippen LogP contribution in [-0.2, 0) is 0 Å². The Labute approximate surface area is 80.1 Å². The van der Waals surface area contributed by atoms with Crippen LogP contribution in [-0.4, -0.2) is 49.3 Å². The van der Waals surface area contributed by atoms with E-state index in [1.807, 2.05) is 0 Å². The minimum absolute atomic E-state index is 0.372. The smallest absolute Gasteiger partial charge is 0.0463 e. The molecule has 3 nitrogen and oxygen atoms in total. The summed E-state index contributed by atoms with van der Waals surface area (Å²) in [6.07, 6.45) is 2.39. The van der Waals surface area contributed by atoms with Gasteiger partial charge in [-0.2, -0.15) is 0 Å². The number of hydrogen-bond acceptors (Lipinski definition) is 3. The molecular formula is C10H20N2O. The fraction of sp³-hybridized carbons (Fsp3) is 1.00. The summed E-state index contributed by atoms with van der Waals surface area (Å²) in [7, 11) is 2.18. The first-order valence-corrected chi connectivity index (χ1v) is 5.34. The molecule has 2 heterocycles. The molecule has 2 aliphatic heterocycles. The number of nitrogens with zero attached hydrogens (tertiary/aromatic N) is 1. The van der Waals surface area contributed by atoms with E-state index in [4.69, 9.17) is 0 Å². The SMILES string of the molecule is CN1CCC2NCCC(CO)C2C1. The first kappa shape index (κ1) is 9.44. The molecule has 76 valence electrons. The van der Waals surface area contributed by atoms with Gasteiger partial charge in [0.15, 0.2) is 0 Å². The van der Waals surface area contributed by atoms with Gasteiger partial charge < -0.3 is 15.3 Å². The van der Waals surface area contributed by atoms with Crippen LogP contribution in [0.25, 0.3) is 0 Å². The standard InChI is InChI=1S/C10H20N2O/c1-12-5-3-10-9(6-12)8(7-13)2-4-11-10/h8-11,13H,2-7H2,1H3. The Kier molecular flexibility index (Phi) is 2.86. The third kappa shape index (κ3) is 1.87. The Morgan fingerprint density at radius 2 is 2.31 bits per heavy atom. The lowest BCUT2D eigenvalue weighted by atomic mass is 9.77. The summed E-state index contributed by atoms with van der Waals surface area (Å²) in [5.74, 6) is 1.21. The largest absolute Gasteiger partial charge is 0.396 e. The molecule has 2 rings (SSSR count). The van der Waals surface area contributed by atoms with Gasteiger partial charge in [0.1, 0.15) is 0 Å². The van der Waals surface area contributed by atoms with Gasteiger partial charge in [-0.1, -0.05) is 0 Å². The monoisotopic (exact) mass is 184 g/mol. The molecule has 2 saturated heterocycles. The lowest BCUT2D eigenvalue weighted by Crippen LogP contribution is -2.55. The van der Waals surface area contributed by atoms with Crippen LogP contribution >= 0.6 is 0 Å². The number of hydrogen-bond donors (Lipinski definition) is 2. The normalized spacial score (nSPS) is 41.5. The highest BCUT2D eigenvalue weighted by atomic mass is 16.3. The molecule has 0 spiro atoms. The third-order valence-corrected chi connectivity index (χ3v) is 3.62. The summed E-state index contributed by atoms with van der Waals surface area (Å²) in [5.41, 5.74) is 0. The van der Waals surface area contributed by atoms with Crippen molar-refractivity contribution < 1.29 is 5.11 Å². The number of fused-ring (bicyclic) bond motifs is 1. The second kappa shape index (κ2) is 3.95. The van der Waals surface area contributed by atoms with Gasteiger partial charge in [-0.15, -0.1) is 0 Å². The van der Waals surface area contributed by atoms with E-state index in [9.17, 15) is 5.11 Å². The minimum Gasteiger partial charge on any atom is -0.396 e. The maximum absolute atomic E-state index is 9.27. The summed E-state index contributed by atoms with van der Waals surface area (Å²) < 4.78 is 0. The van der Waals surface area contributed by atoms with Crippen LogP contribution < -0.4 is 5.32 Å². The van der Waals surface area contributed by atoms with E-state index in [1.54, 1.807) is 0 Å². The molecule has 2 fully saturated rings. The van der Waals surface area contributed by atoms with Crippen LogP contribution in [0.2, 0.25) is 0 Å².